The zero-order valence-electron chi connectivity index (χ0n) is 16.7. The molecule has 0 saturated heterocycles. The largest absolute Gasteiger partial charge is 0.353 e. The lowest BCUT2D eigenvalue weighted by molar-refractivity contribution is 0.0935. The number of aryl methyl sites for hydroxylation is 1. The third kappa shape index (κ3) is 2.84. The molecule has 0 saturated carbocycles. The van der Waals surface area contributed by atoms with Crippen LogP contribution in [0.4, 0.5) is 5.00 Å². The molecule has 150 valence electrons. The average Bonchev–Trinajstić information content (AvgIpc) is 3.33. The monoisotopic (exact) mass is 413 g/mol. The molecule has 0 spiro atoms. The van der Waals surface area contributed by atoms with Crippen LogP contribution in [0, 0.1) is 0 Å². The number of anilines is 1. The van der Waals surface area contributed by atoms with Gasteiger partial charge in [0.05, 0.1) is 5.56 Å². The molecule has 1 amide bonds. The SMILES string of the molecule is O=C1NC(c2cn(Cc3ccccc3)c3ccccc23)Nc2sc3c(c21)CCCC3. The lowest BCUT2D eigenvalue weighted by atomic mass is 9.94. The van der Waals surface area contributed by atoms with Gasteiger partial charge in [-0.25, -0.2) is 0 Å². The van der Waals surface area contributed by atoms with Gasteiger partial charge in [-0.1, -0.05) is 48.5 Å². The van der Waals surface area contributed by atoms with Crippen molar-refractivity contribution in [3.63, 3.8) is 0 Å². The molecule has 2 aromatic heterocycles. The van der Waals surface area contributed by atoms with E-state index in [0.717, 1.165) is 35.5 Å². The maximum absolute atomic E-state index is 13.1. The van der Waals surface area contributed by atoms with E-state index in [0.29, 0.717) is 0 Å². The van der Waals surface area contributed by atoms with E-state index in [1.54, 1.807) is 11.3 Å². The van der Waals surface area contributed by atoms with Crippen LogP contribution in [-0.4, -0.2) is 10.5 Å². The van der Waals surface area contributed by atoms with Crippen molar-refractivity contribution in [2.24, 2.45) is 0 Å². The lowest BCUT2D eigenvalue weighted by Gasteiger charge is -2.26. The summed E-state index contributed by atoms with van der Waals surface area (Å²) in [5.41, 5.74) is 5.73. The molecular formula is C25H23N3OS. The molecule has 2 aromatic carbocycles. The molecule has 3 heterocycles. The Kier molecular flexibility index (Phi) is 4.16. The number of para-hydroxylation sites is 1. The molecule has 1 unspecified atom stereocenters. The quantitative estimate of drug-likeness (QED) is 0.467. The Morgan fingerprint density at radius 1 is 0.967 bits per heavy atom. The number of rotatable bonds is 3. The first-order chi connectivity index (χ1) is 14.8. The highest BCUT2D eigenvalue weighted by Gasteiger charge is 2.33. The number of carbonyl (C=O) groups excluding carboxylic acids is 1. The van der Waals surface area contributed by atoms with Crippen molar-refractivity contribution in [2.75, 3.05) is 5.32 Å². The van der Waals surface area contributed by atoms with Gasteiger partial charge < -0.3 is 15.2 Å². The van der Waals surface area contributed by atoms with Gasteiger partial charge in [0.1, 0.15) is 11.2 Å². The highest BCUT2D eigenvalue weighted by molar-refractivity contribution is 7.16. The van der Waals surface area contributed by atoms with Gasteiger partial charge in [-0.05, 0) is 42.9 Å². The molecule has 5 heteroatoms. The molecule has 2 aliphatic rings. The number of amides is 1. The van der Waals surface area contributed by atoms with Crippen LogP contribution in [0.2, 0.25) is 0 Å². The fourth-order valence-electron chi connectivity index (χ4n) is 4.85. The Morgan fingerprint density at radius 3 is 2.67 bits per heavy atom. The Morgan fingerprint density at radius 2 is 1.77 bits per heavy atom. The number of carbonyl (C=O) groups is 1. The van der Waals surface area contributed by atoms with Crippen molar-refractivity contribution in [1.29, 1.82) is 0 Å². The minimum absolute atomic E-state index is 0.0630. The predicted molar refractivity (Wildman–Crippen MR) is 122 cm³/mol. The summed E-state index contributed by atoms with van der Waals surface area (Å²) in [6.45, 7) is 0.806. The van der Waals surface area contributed by atoms with Crippen molar-refractivity contribution >= 4 is 33.1 Å². The molecule has 4 aromatic rings. The molecule has 30 heavy (non-hydrogen) atoms. The fraction of sp³-hybridized carbons (Fsp3) is 0.240. The third-order valence-electron chi connectivity index (χ3n) is 6.28. The Hall–Kier alpha value is -3.05. The molecule has 6 rings (SSSR count). The number of aromatic nitrogens is 1. The second-order valence-electron chi connectivity index (χ2n) is 8.18. The highest BCUT2D eigenvalue weighted by atomic mass is 32.1. The fourth-order valence-corrected chi connectivity index (χ4v) is 6.16. The second-order valence-corrected chi connectivity index (χ2v) is 9.29. The van der Waals surface area contributed by atoms with E-state index in [4.69, 9.17) is 0 Å². The molecule has 2 N–H and O–H groups in total. The van der Waals surface area contributed by atoms with E-state index >= 15 is 0 Å². The van der Waals surface area contributed by atoms with Crippen molar-refractivity contribution in [3.8, 4) is 0 Å². The zero-order valence-corrected chi connectivity index (χ0v) is 17.5. The van der Waals surface area contributed by atoms with Crippen molar-refractivity contribution in [1.82, 2.24) is 9.88 Å². The summed E-state index contributed by atoms with van der Waals surface area (Å²) in [7, 11) is 0. The summed E-state index contributed by atoms with van der Waals surface area (Å²) in [6, 6.07) is 18.9. The molecule has 0 bridgehead atoms. The summed E-state index contributed by atoms with van der Waals surface area (Å²) in [6.07, 6.45) is 6.51. The van der Waals surface area contributed by atoms with Gasteiger partial charge in [-0.3, -0.25) is 4.79 Å². The normalized spacial score (nSPS) is 17.9. The smallest absolute Gasteiger partial charge is 0.256 e. The Bertz CT molecular complexity index is 1250. The Balaban J connectivity index is 1.40. The Labute approximate surface area is 179 Å². The van der Waals surface area contributed by atoms with E-state index in [2.05, 4.69) is 69.9 Å². The van der Waals surface area contributed by atoms with E-state index in [9.17, 15) is 4.79 Å². The molecule has 1 aliphatic carbocycles. The maximum atomic E-state index is 13.1. The summed E-state index contributed by atoms with van der Waals surface area (Å²) in [5.74, 6) is 0.0630. The van der Waals surface area contributed by atoms with Gasteiger partial charge in [0.15, 0.2) is 0 Å². The van der Waals surface area contributed by atoms with Crippen LogP contribution in [0.3, 0.4) is 0 Å². The topological polar surface area (TPSA) is 46.1 Å². The molecule has 0 radical (unpaired) electrons. The van der Waals surface area contributed by atoms with Crippen LogP contribution in [-0.2, 0) is 19.4 Å². The first-order valence-corrected chi connectivity index (χ1v) is 11.4. The summed E-state index contributed by atoms with van der Waals surface area (Å²) < 4.78 is 2.28. The number of benzene rings is 2. The number of nitrogens with one attached hydrogen (secondary N) is 2. The molecule has 0 fully saturated rings. The number of hydrogen-bond acceptors (Lipinski definition) is 3. The first kappa shape index (κ1) is 17.8. The van der Waals surface area contributed by atoms with Gasteiger partial charge in [0.25, 0.3) is 5.91 Å². The van der Waals surface area contributed by atoms with Crippen LogP contribution < -0.4 is 10.6 Å². The minimum Gasteiger partial charge on any atom is -0.353 e. The number of fused-ring (bicyclic) bond motifs is 4. The van der Waals surface area contributed by atoms with Crippen LogP contribution in [0.5, 0.6) is 0 Å². The average molecular weight is 414 g/mol. The number of hydrogen-bond donors (Lipinski definition) is 2. The van der Waals surface area contributed by atoms with E-state index in [1.165, 1.54) is 39.7 Å². The van der Waals surface area contributed by atoms with Crippen molar-refractivity contribution in [2.45, 2.75) is 38.4 Å². The van der Waals surface area contributed by atoms with Gasteiger partial charge in [-0.2, -0.15) is 0 Å². The van der Waals surface area contributed by atoms with E-state index in [1.807, 2.05) is 6.07 Å². The molecule has 4 nitrogen and oxygen atoms in total. The number of thiophene rings is 1. The van der Waals surface area contributed by atoms with Gasteiger partial charge >= 0.3 is 0 Å². The van der Waals surface area contributed by atoms with Gasteiger partial charge in [0.2, 0.25) is 0 Å². The highest BCUT2D eigenvalue weighted by Crippen LogP contribution is 2.42. The first-order valence-electron chi connectivity index (χ1n) is 10.6. The molecule has 1 aliphatic heterocycles. The second kappa shape index (κ2) is 7.03. The molecule has 1 atom stereocenters. The summed E-state index contributed by atoms with van der Waals surface area (Å²) in [4.78, 5) is 14.5. The minimum atomic E-state index is -0.216. The third-order valence-corrected chi connectivity index (χ3v) is 7.50. The zero-order chi connectivity index (χ0) is 20.1. The summed E-state index contributed by atoms with van der Waals surface area (Å²) in [5, 5.41) is 9.10. The van der Waals surface area contributed by atoms with Crippen molar-refractivity contribution in [3.05, 3.63) is 87.9 Å². The predicted octanol–water partition coefficient (Wildman–Crippen LogP) is 5.48. The van der Waals surface area contributed by atoms with E-state index in [-0.39, 0.29) is 12.1 Å². The summed E-state index contributed by atoms with van der Waals surface area (Å²) >= 11 is 1.78. The lowest BCUT2D eigenvalue weighted by Crippen LogP contribution is -2.38. The van der Waals surface area contributed by atoms with E-state index < -0.39 is 0 Å². The van der Waals surface area contributed by atoms with Crippen LogP contribution in [0.25, 0.3) is 10.9 Å². The standard InChI is InChI=1S/C25H23N3OS/c29-24-22-18-11-5-7-13-21(18)30-25(22)27-23(26-24)19-15-28(14-16-8-2-1-3-9-16)20-12-6-4-10-17(19)20/h1-4,6,8-10,12,15,23,27H,5,7,11,13-14H2,(H,26,29). The van der Waals surface area contributed by atoms with Crippen LogP contribution in [0.1, 0.15) is 50.9 Å². The maximum Gasteiger partial charge on any atom is 0.256 e. The van der Waals surface area contributed by atoms with Gasteiger partial charge in [-0.15, -0.1) is 11.3 Å². The molecular weight excluding hydrogens is 390 g/mol. The van der Waals surface area contributed by atoms with Crippen molar-refractivity contribution < 1.29 is 4.79 Å². The van der Waals surface area contributed by atoms with Crippen LogP contribution >= 0.6 is 11.3 Å². The van der Waals surface area contributed by atoms with Crippen LogP contribution in [0.15, 0.2) is 60.8 Å². The van der Waals surface area contributed by atoms with Gasteiger partial charge in [0, 0.05) is 34.1 Å². The number of nitrogens with zero attached hydrogens (tertiary/aromatic N) is 1.